The third-order valence-corrected chi connectivity index (χ3v) is 9.05. The Kier molecular flexibility index (Phi) is 5.92. The summed E-state index contributed by atoms with van der Waals surface area (Å²) < 4.78 is 0. The van der Waals surface area contributed by atoms with E-state index in [9.17, 15) is 14.7 Å². The van der Waals surface area contributed by atoms with Gasteiger partial charge in [0.25, 0.3) is 5.91 Å². The highest BCUT2D eigenvalue weighted by atomic mass is 16.6. The molecule has 7 heteroatoms. The largest absolute Gasteiger partial charge is 0.480 e. The number of aliphatic hydroxyl groups excluding tert-OH is 1. The number of nitrogens with zero attached hydrogens (tertiary/aromatic N) is 1. The fourth-order valence-corrected chi connectivity index (χ4v) is 7.13. The van der Waals surface area contributed by atoms with Crippen LogP contribution < -0.4 is 5.32 Å². The number of carboxylic acid groups (broad SMARTS) is 1. The summed E-state index contributed by atoms with van der Waals surface area (Å²) in [5, 5.41) is 26.0. The van der Waals surface area contributed by atoms with Gasteiger partial charge in [-0.3, -0.25) is 9.59 Å². The highest BCUT2D eigenvalue weighted by Gasteiger charge is 2.58. The molecule has 4 aliphatic carbocycles. The zero-order valence-corrected chi connectivity index (χ0v) is 18.9. The van der Waals surface area contributed by atoms with E-state index in [-0.39, 0.29) is 23.5 Å². The van der Waals surface area contributed by atoms with Crippen LogP contribution in [0.5, 0.6) is 0 Å². The summed E-state index contributed by atoms with van der Waals surface area (Å²) in [6.07, 6.45) is 10.6. The van der Waals surface area contributed by atoms with Gasteiger partial charge in [0.15, 0.2) is 6.61 Å². The van der Waals surface area contributed by atoms with Crippen LogP contribution in [0.25, 0.3) is 0 Å². The van der Waals surface area contributed by atoms with Gasteiger partial charge in [0.05, 0.1) is 11.8 Å². The van der Waals surface area contributed by atoms with Crippen LogP contribution in [0.15, 0.2) is 16.8 Å². The van der Waals surface area contributed by atoms with Crippen molar-refractivity contribution < 1.29 is 24.6 Å². The maximum Gasteiger partial charge on any atom is 0.325 e. The van der Waals surface area contributed by atoms with Gasteiger partial charge in [-0.05, 0) is 93.0 Å². The minimum Gasteiger partial charge on any atom is -0.480 e. The van der Waals surface area contributed by atoms with Gasteiger partial charge in [-0.1, -0.05) is 24.6 Å². The number of aliphatic carboxylic acids is 1. The first-order valence-electron chi connectivity index (χ1n) is 11.8. The molecular weight excluding hydrogens is 396 g/mol. The number of oxime groups is 1. The molecule has 0 aromatic carbocycles. The number of amides is 1. The summed E-state index contributed by atoms with van der Waals surface area (Å²) in [4.78, 5) is 27.8. The number of hydrogen-bond donors (Lipinski definition) is 3. The van der Waals surface area contributed by atoms with Gasteiger partial charge in [-0.2, -0.15) is 0 Å². The van der Waals surface area contributed by atoms with Gasteiger partial charge < -0.3 is 20.4 Å². The smallest absolute Gasteiger partial charge is 0.325 e. The minimum atomic E-state index is -1.08. The summed E-state index contributed by atoms with van der Waals surface area (Å²) in [5.41, 5.74) is 2.60. The van der Waals surface area contributed by atoms with Gasteiger partial charge in [0, 0.05) is 0 Å². The second-order valence-electron chi connectivity index (χ2n) is 10.6. The van der Waals surface area contributed by atoms with Gasteiger partial charge in [-0.25, -0.2) is 0 Å². The van der Waals surface area contributed by atoms with Gasteiger partial charge >= 0.3 is 5.97 Å². The molecule has 0 aromatic rings. The lowest BCUT2D eigenvalue weighted by molar-refractivity contribution is -0.142. The van der Waals surface area contributed by atoms with Crippen molar-refractivity contribution in [3.63, 3.8) is 0 Å². The molecule has 172 valence electrons. The molecule has 31 heavy (non-hydrogen) atoms. The highest BCUT2D eigenvalue weighted by Crippen LogP contribution is 2.65. The summed E-state index contributed by atoms with van der Waals surface area (Å²) >= 11 is 0. The van der Waals surface area contributed by atoms with Crippen LogP contribution in [-0.2, 0) is 14.4 Å². The molecule has 0 aromatic heterocycles. The standard InChI is InChI=1S/C24H36N2O5/c1-14(22(29)30)25-21(28)13-31-26-16-8-10-23(2)15(12-16)4-5-17-18-6-7-20(27)24(18,3)11-9-19(17)23/h12,14,17-20,27H,4-11,13H2,1-3H3,(H,25,28)(H,29,30). The number of nitrogens with one attached hydrogen (secondary N) is 1. The van der Waals surface area contributed by atoms with Crippen LogP contribution in [0.4, 0.5) is 0 Å². The lowest BCUT2D eigenvalue weighted by Crippen LogP contribution is -2.51. The third kappa shape index (κ3) is 3.90. The fourth-order valence-electron chi connectivity index (χ4n) is 7.13. The van der Waals surface area contributed by atoms with Crippen molar-refractivity contribution in [3.8, 4) is 0 Å². The van der Waals surface area contributed by atoms with Crippen molar-refractivity contribution in [2.24, 2.45) is 33.7 Å². The Balaban J connectivity index is 1.41. The molecule has 0 heterocycles. The maximum absolute atomic E-state index is 11.8. The Morgan fingerprint density at radius 1 is 1.19 bits per heavy atom. The van der Waals surface area contributed by atoms with Crippen LogP contribution in [0.2, 0.25) is 0 Å². The van der Waals surface area contributed by atoms with Crippen molar-refractivity contribution in [2.45, 2.75) is 84.3 Å². The fraction of sp³-hybridized carbons (Fsp3) is 0.792. The number of aliphatic hydroxyl groups is 1. The van der Waals surface area contributed by atoms with Crippen LogP contribution in [0, 0.1) is 28.6 Å². The van der Waals surface area contributed by atoms with Crippen molar-refractivity contribution in [2.75, 3.05) is 6.61 Å². The molecule has 0 aliphatic heterocycles. The number of carbonyl (C=O) groups excluding carboxylic acids is 1. The highest BCUT2D eigenvalue weighted by molar-refractivity contribution is 5.96. The molecule has 1 amide bonds. The number of carbonyl (C=O) groups is 2. The lowest BCUT2D eigenvalue weighted by Gasteiger charge is -2.57. The Hall–Kier alpha value is -1.89. The van der Waals surface area contributed by atoms with E-state index in [1.165, 1.54) is 25.3 Å². The predicted molar refractivity (Wildman–Crippen MR) is 116 cm³/mol. The first kappa shape index (κ1) is 22.3. The Bertz CT molecular complexity index is 808. The van der Waals surface area contributed by atoms with E-state index >= 15 is 0 Å². The van der Waals surface area contributed by atoms with E-state index in [4.69, 9.17) is 9.94 Å². The van der Waals surface area contributed by atoms with E-state index in [0.717, 1.165) is 44.2 Å². The molecule has 4 rings (SSSR count). The zero-order chi connectivity index (χ0) is 22.4. The second kappa shape index (κ2) is 8.23. The molecular formula is C24H36N2O5. The van der Waals surface area contributed by atoms with E-state index in [1.54, 1.807) is 0 Å². The van der Waals surface area contributed by atoms with E-state index in [1.807, 2.05) is 0 Å². The average molecular weight is 433 g/mol. The second-order valence-corrected chi connectivity index (χ2v) is 10.6. The zero-order valence-electron chi connectivity index (χ0n) is 18.9. The number of carboxylic acids is 1. The van der Waals surface area contributed by atoms with Crippen molar-refractivity contribution in [3.05, 3.63) is 11.6 Å². The first-order chi connectivity index (χ1) is 14.6. The van der Waals surface area contributed by atoms with Crippen LogP contribution in [0.1, 0.15) is 72.1 Å². The Morgan fingerprint density at radius 2 is 1.97 bits per heavy atom. The van der Waals surface area contributed by atoms with Crippen LogP contribution >= 0.6 is 0 Å². The summed E-state index contributed by atoms with van der Waals surface area (Å²) in [6, 6.07) is -0.949. The molecule has 3 saturated carbocycles. The van der Waals surface area contributed by atoms with E-state index < -0.39 is 17.9 Å². The molecule has 4 aliphatic rings. The molecule has 0 spiro atoms. The Labute approximate surface area is 184 Å². The first-order valence-corrected chi connectivity index (χ1v) is 11.8. The van der Waals surface area contributed by atoms with E-state index in [0.29, 0.717) is 17.8 Å². The summed E-state index contributed by atoms with van der Waals surface area (Å²) in [7, 11) is 0. The molecule has 7 nitrogen and oxygen atoms in total. The molecule has 0 bridgehead atoms. The SMILES string of the molecule is CC(NC(=O)CON=C1C=C2CCC3C(CCC4(C)C(O)CCC34)C2(C)CC1)C(=O)O. The van der Waals surface area contributed by atoms with Crippen molar-refractivity contribution in [1.29, 1.82) is 0 Å². The van der Waals surface area contributed by atoms with Crippen LogP contribution in [-0.4, -0.2) is 46.6 Å². The summed E-state index contributed by atoms with van der Waals surface area (Å²) in [6.45, 7) is 5.86. The molecule has 3 N–H and O–H groups in total. The predicted octanol–water partition coefficient (Wildman–Crippen LogP) is 3.27. The Morgan fingerprint density at radius 3 is 2.71 bits per heavy atom. The lowest BCUT2D eigenvalue weighted by atomic mass is 9.47. The number of allylic oxidation sites excluding steroid dienone is 2. The number of fused-ring (bicyclic) bond motifs is 5. The molecule has 7 unspecified atom stereocenters. The third-order valence-electron chi connectivity index (χ3n) is 9.05. The molecule has 0 saturated heterocycles. The van der Waals surface area contributed by atoms with Gasteiger partial charge in [0.1, 0.15) is 6.04 Å². The maximum atomic E-state index is 11.8. The normalized spacial score (nSPS) is 41.4. The monoisotopic (exact) mass is 432 g/mol. The number of hydrogen-bond acceptors (Lipinski definition) is 5. The average Bonchev–Trinajstić information content (AvgIpc) is 3.02. The molecule has 0 radical (unpaired) electrons. The summed E-state index contributed by atoms with van der Waals surface area (Å²) in [5.74, 6) is 0.442. The quantitative estimate of drug-likeness (QED) is 0.578. The topological polar surface area (TPSA) is 108 Å². The molecule has 7 atom stereocenters. The van der Waals surface area contributed by atoms with E-state index in [2.05, 4.69) is 30.4 Å². The van der Waals surface area contributed by atoms with Gasteiger partial charge in [-0.15, -0.1) is 0 Å². The van der Waals surface area contributed by atoms with Crippen molar-refractivity contribution in [1.82, 2.24) is 5.32 Å². The van der Waals surface area contributed by atoms with Crippen molar-refractivity contribution >= 4 is 17.6 Å². The van der Waals surface area contributed by atoms with Gasteiger partial charge in [0.2, 0.25) is 0 Å². The minimum absolute atomic E-state index is 0.104. The molecule has 3 fully saturated rings. The van der Waals surface area contributed by atoms with Crippen LogP contribution in [0.3, 0.4) is 0 Å². The number of rotatable bonds is 5.